The molecule has 12 heteroatoms. The largest absolute Gasteiger partial charge is 0.495 e. The topological polar surface area (TPSA) is 174 Å². The number of hydrogen-bond acceptors (Lipinski definition) is 10. The van der Waals surface area contributed by atoms with Gasteiger partial charge in [0.1, 0.15) is 17.2 Å². The summed E-state index contributed by atoms with van der Waals surface area (Å²) in [4.78, 5) is 31.4. The SMILES string of the molecule is COc1c(/C(N)=N/OC(C)=O)cccc1-c1cc(-c2cccc(/C(N)=N/OC(C)=O)c2OC)on1. The minimum Gasteiger partial charge on any atom is -0.495 e. The van der Waals surface area contributed by atoms with Gasteiger partial charge in [0, 0.05) is 25.5 Å². The number of benzene rings is 2. The maximum absolute atomic E-state index is 11.1. The number of rotatable bonds is 8. The van der Waals surface area contributed by atoms with Gasteiger partial charge in [-0.25, -0.2) is 9.59 Å². The molecule has 0 saturated heterocycles. The predicted octanol–water partition coefficient (Wildman–Crippen LogP) is 2.39. The molecule has 4 N–H and O–H groups in total. The molecule has 12 nitrogen and oxygen atoms in total. The number of carbonyl (C=O) groups is 2. The van der Waals surface area contributed by atoms with Gasteiger partial charge >= 0.3 is 11.9 Å². The molecule has 1 heterocycles. The lowest BCUT2D eigenvalue weighted by molar-refractivity contribution is -0.141. The number of ether oxygens (including phenoxy) is 2. The number of aromatic nitrogens is 1. The molecule has 0 unspecified atom stereocenters. The number of amidine groups is 2. The minimum absolute atomic E-state index is 0.0560. The molecule has 0 bridgehead atoms. The monoisotopic (exact) mass is 481 g/mol. The van der Waals surface area contributed by atoms with Gasteiger partial charge < -0.3 is 35.1 Å². The van der Waals surface area contributed by atoms with E-state index >= 15 is 0 Å². The van der Waals surface area contributed by atoms with Crippen LogP contribution < -0.4 is 20.9 Å². The Bertz CT molecular complexity index is 1220. The van der Waals surface area contributed by atoms with Crippen molar-refractivity contribution in [1.29, 1.82) is 0 Å². The Balaban J connectivity index is 2.05. The van der Waals surface area contributed by atoms with E-state index in [9.17, 15) is 9.59 Å². The van der Waals surface area contributed by atoms with Crippen molar-refractivity contribution in [1.82, 2.24) is 5.16 Å². The molecule has 0 aliphatic carbocycles. The normalized spacial score (nSPS) is 11.7. The highest BCUT2D eigenvalue weighted by Crippen LogP contribution is 2.38. The molecule has 0 saturated carbocycles. The third-order valence-electron chi connectivity index (χ3n) is 4.59. The molecule has 0 amide bonds. The molecule has 0 radical (unpaired) electrons. The number of oxime groups is 2. The lowest BCUT2D eigenvalue weighted by Gasteiger charge is -2.11. The molecule has 182 valence electrons. The highest BCUT2D eigenvalue weighted by Gasteiger charge is 2.21. The summed E-state index contributed by atoms with van der Waals surface area (Å²) in [6.45, 7) is 2.42. The summed E-state index contributed by atoms with van der Waals surface area (Å²) >= 11 is 0. The first-order valence-electron chi connectivity index (χ1n) is 10.1. The minimum atomic E-state index is -0.613. The second kappa shape index (κ2) is 10.8. The lowest BCUT2D eigenvalue weighted by atomic mass is 10.0. The molecule has 3 aromatic rings. The van der Waals surface area contributed by atoms with Crippen molar-refractivity contribution in [3.8, 4) is 34.1 Å². The average molecular weight is 481 g/mol. The van der Waals surface area contributed by atoms with E-state index in [0.717, 1.165) is 0 Å². The molecule has 3 rings (SSSR count). The molecule has 1 aromatic heterocycles. The average Bonchev–Trinajstić information content (AvgIpc) is 3.34. The first-order valence-corrected chi connectivity index (χ1v) is 10.1. The van der Waals surface area contributed by atoms with Gasteiger partial charge in [0.25, 0.3) is 0 Å². The maximum atomic E-state index is 11.1. The van der Waals surface area contributed by atoms with Crippen LogP contribution in [0.3, 0.4) is 0 Å². The lowest BCUT2D eigenvalue weighted by Crippen LogP contribution is -2.16. The van der Waals surface area contributed by atoms with E-state index in [4.69, 9.17) is 25.5 Å². The van der Waals surface area contributed by atoms with Gasteiger partial charge in [0.2, 0.25) is 0 Å². The van der Waals surface area contributed by atoms with Crippen molar-refractivity contribution in [3.63, 3.8) is 0 Å². The van der Waals surface area contributed by atoms with Gasteiger partial charge in [-0.2, -0.15) is 0 Å². The number of nitrogens with two attached hydrogens (primary N) is 2. The summed E-state index contributed by atoms with van der Waals surface area (Å²) in [7, 11) is 2.91. The highest BCUT2D eigenvalue weighted by atomic mass is 16.7. The van der Waals surface area contributed by atoms with E-state index in [0.29, 0.717) is 45.2 Å². The summed E-state index contributed by atoms with van der Waals surface area (Å²) in [6, 6.07) is 11.9. The number of carbonyl (C=O) groups excluding carboxylic acids is 2. The third-order valence-corrected chi connectivity index (χ3v) is 4.59. The van der Waals surface area contributed by atoms with E-state index in [2.05, 4.69) is 25.1 Å². The Kier molecular flexibility index (Phi) is 7.66. The summed E-state index contributed by atoms with van der Waals surface area (Å²) in [5.74, 6) is -0.305. The Morgan fingerprint density at radius 2 is 1.31 bits per heavy atom. The quantitative estimate of drug-likeness (QED) is 0.210. The number of methoxy groups -OCH3 is 2. The Morgan fingerprint density at radius 1 is 0.829 bits per heavy atom. The van der Waals surface area contributed by atoms with Crippen molar-refractivity contribution >= 4 is 23.6 Å². The Hall–Kier alpha value is -4.87. The standard InChI is InChI=1S/C23H23N5O7/c1-12(29)33-27-22(24)16-9-5-7-14(20(16)31-3)18-11-19(35-26-18)15-8-6-10-17(21(15)32-4)23(25)28-34-13(2)30/h5-11H,1-4H3,(H2,24,27)(H2,25,28). The summed E-state index contributed by atoms with van der Waals surface area (Å²) in [6.07, 6.45) is 0. The molecule has 0 aliphatic rings. The van der Waals surface area contributed by atoms with Crippen molar-refractivity contribution in [3.05, 3.63) is 53.6 Å². The fourth-order valence-corrected chi connectivity index (χ4v) is 3.17. The van der Waals surface area contributed by atoms with Crippen LogP contribution >= 0.6 is 0 Å². The van der Waals surface area contributed by atoms with Crippen LogP contribution in [0, 0.1) is 0 Å². The number of hydrogen-bond donors (Lipinski definition) is 2. The van der Waals surface area contributed by atoms with Crippen LogP contribution in [0.5, 0.6) is 11.5 Å². The smallest absolute Gasteiger partial charge is 0.332 e. The zero-order valence-electron chi connectivity index (χ0n) is 19.4. The Morgan fingerprint density at radius 3 is 1.80 bits per heavy atom. The first kappa shape index (κ1) is 24.8. The van der Waals surface area contributed by atoms with E-state index in [1.54, 1.807) is 42.5 Å². The number of para-hydroxylation sites is 2. The van der Waals surface area contributed by atoms with Crippen LogP contribution in [0.2, 0.25) is 0 Å². The molecule has 2 aromatic carbocycles. The molecule has 0 atom stereocenters. The van der Waals surface area contributed by atoms with Crippen LogP contribution in [0.1, 0.15) is 25.0 Å². The van der Waals surface area contributed by atoms with Crippen molar-refractivity contribution in [2.45, 2.75) is 13.8 Å². The van der Waals surface area contributed by atoms with Gasteiger partial charge in [-0.15, -0.1) is 0 Å². The molecular weight excluding hydrogens is 458 g/mol. The van der Waals surface area contributed by atoms with Gasteiger partial charge in [0.15, 0.2) is 17.4 Å². The summed E-state index contributed by atoms with van der Waals surface area (Å²) in [5.41, 5.74) is 14.2. The van der Waals surface area contributed by atoms with Gasteiger partial charge in [-0.1, -0.05) is 27.6 Å². The fraction of sp³-hybridized carbons (Fsp3) is 0.174. The van der Waals surface area contributed by atoms with Gasteiger partial charge in [-0.05, 0) is 24.3 Å². The molecule has 0 fully saturated rings. The van der Waals surface area contributed by atoms with Crippen LogP contribution in [0.15, 0.2) is 57.3 Å². The van der Waals surface area contributed by atoms with E-state index in [-0.39, 0.29) is 11.7 Å². The second-order valence-corrected chi connectivity index (χ2v) is 6.97. The fourth-order valence-electron chi connectivity index (χ4n) is 3.17. The van der Waals surface area contributed by atoms with Gasteiger partial charge in [-0.3, -0.25) is 0 Å². The van der Waals surface area contributed by atoms with E-state index < -0.39 is 11.9 Å². The van der Waals surface area contributed by atoms with Crippen molar-refractivity contribution in [2.75, 3.05) is 14.2 Å². The third kappa shape index (κ3) is 5.55. The van der Waals surface area contributed by atoms with Crippen LogP contribution in [0.25, 0.3) is 22.6 Å². The highest BCUT2D eigenvalue weighted by molar-refractivity contribution is 6.03. The first-order chi connectivity index (χ1) is 16.8. The zero-order valence-corrected chi connectivity index (χ0v) is 19.4. The van der Waals surface area contributed by atoms with Crippen LogP contribution in [-0.4, -0.2) is 43.0 Å². The van der Waals surface area contributed by atoms with E-state index in [1.807, 2.05) is 0 Å². The molecular formula is C23H23N5O7. The summed E-state index contributed by atoms with van der Waals surface area (Å²) < 4.78 is 16.6. The van der Waals surface area contributed by atoms with Crippen molar-refractivity contribution < 1.29 is 33.3 Å². The van der Waals surface area contributed by atoms with Crippen LogP contribution in [0.4, 0.5) is 0 Å². The predicted molar refractivity (Wildman–Crippen MR) is 125 cm³/mol. The molecule has 0 spiro atoms. The summed E-state index contributed by atoms with van der Waals surface area (Å²) in [5, 5.41) is 11.4. The Labute approximate surface area is 200 Å². The van der Waals surface area contributed by atoms with Gasteiger partial charge in [0.05, 0.1) is 30.9 Å². The van der Waals surface area contributed by atoms with E-state index in [1.165, 1.54) is 28.1 Å². The van der Waals surface area contributed by atoms with Crippen molar-refractivity contribution in [2.24, 2.45) is 21.8 Å². The molecule has 35 heavy (non-hydrogen) atoms. The number of nitrogens with zero attached hydrogens (tertiary/aromatic N) is 3. The second-order valence-electron chi connectivity index (χ2n) is 6.97. The molecule has 0 aliphatic heterocycles. The van der Waals surface area contributed by atoms with Crippen LogP contribution in [-0.2, 0) is 19.3 Å². The zero-order chi connectivity index (χ0) is 25.5. The maximum Gasteiger partial charge on any atom is 0.332 e.